The maximum atomic E-state index is 12.5. The molecule has 1 fully saturated rings. The topological polar surface area (TPSA) is 66.6 Å². The van der Waals surface area contributed by atoms with E-state index in [9.17, 15) is 9.59 Å². The summed E-state index contributed by atoms with van der Waals surface area (Å²) in [6, 6.07) is 10.4. The van der Waals surface area contributed by atoms with Crippen LogP contribution >= 0.6 is 0 Å². The third kappa shape index (κ3) is 4.03. The average Bonchev–Trinajstić information content (AvgIpc) is 2.63. The number of likely N-dealkylation sites (tertiary alicyclic amines) is 1. The van der Waals surface area contributed by atoms with Gasteiger partial charge in [-0.05, 0) is 30.4 Å². The highest BCUT2D eigenvalue weighted by Crippen LogP contribution is 2.22. The zero-order valence-electron chi connectivity index (χ0n) is 14.0. The molecule has 2 heterocycles. The van der Waals surface area contributed by atoms with Gasteiger partial charge in [-0.15, -0.1) is 0 Å². The lowest BCUT2D eigenvalue weighted by molar-refractivity contribution is -0.135. The van der Waals surface area contributed by atoms with E-state index >= 15 is 0 Å². The molecule has 3 rings (SSSR count). The molecule has 5 nitrogen and oxygen atoms in total. The van der Waals surface area contributed by atoms with E-state index in [1.54, 1.807) is 4.90 Å². The fourth-order valence-electron chi connectivity index (χ4n) is 3.50. The molecule has 2 N–H and O–H groups in total. The van der Waals surface area contributed by atoms with Crippen molar-refractivity contribution in [3.63, 3.8) is 0 Å². The maximum Gasteiger partial charge on any atom is 0.236 e. The molecule has 0 aromatic heterocycles. The number of hydrogen-bond donors (Lipinski definition) is 1. The molecule has 1 aromatic rings. The molecule has 2 aliphatic rings. The number of amides is 2. The van der Waals surface area contributed by atoms with Gasteiger partial charge < -0.3 is 10.6 Å². The van der Waals surface area contributed by atoms with Crippen LogP contribution in [0.1, 0.15) is 24.8 Å². The van der Waals surface area contributed by atoms with Crippen LogP contribution in [-0.2, 0) is 9.59 Å². The van der Waals surface area contributed by atoms with Gasteiger partial charge in [-0.1, -0.05) is 36.4 Å². The van der Waals surface area contributed by atoms with Gasteiger partial charge in [0.2, 0.25) is 11.8 Å². The van der Waals surface area contributed by atoms with Crippen LogP contribution in [-0.4, -0.2) is 54.3 Å². The molecule has 0 aliphatic carbocycles. The predicted octanol–water partition coefficient (Wildman–Crippen LogP) is 1.50. The molecule has 1 aromatic carbocycles. The number of primary amides is 1. The summed E-state index contributed by atoms with van der Waals surface area (Å²) in [7, 11) is 0. The molecule has 5 heteroatoms. The molecule has 128 valence electrons. The maximum absolute atomic E-state index is 12.5. The summed E-state index contributed by atoms with van der Waals surface area (Å²) in [4.78, 5) is 27.8. The van der Waals surface area contributed by atoms with Crippen LogP contribution in [0.15, 0.2) is 36.4 Å². The number of nitrogens with zero attached hydrogens (tertiary/aromatic N) is 2. The normalized spacial score (nSPS) is 22.1. The molecule has 0 bridgehead atoms. The van der Waals surface area contributed by atoms with Crippen LogP contribution < -0.4 is 5.73 Å². The summed E-state index contributed by atoms with van der Waals surface area (Å²) in [5.41, 5.74) is 8.01. The van der Waals surface area contributed by atoms with E-state index in [1.807, 2.05) is 6.07 Å². The first-order valence-corrected chi connectivity index (χ1v) is 8.67. The molecule has 1 saturated heterocycles. The summed E-state index contributed by atoms with van der Waals surface area (Å²) < 4.78 is 0. The highest BCUT2D eigenvalue weighted by molar-refractivity contribution is 5.81. The van der Waals surface area contributed by atoms with E-state index in [4.69, 9.17) is 5.73 Å². The number of carbonyl (C=O) groups is 2. The first-order valence-electron chi connectivity index (χ1n) is 8.67. The van der Waals surface area contributed by atoms with Gasteiger partial charge in [-0.3, -0.25) is 14.5 Å². The van der Waals surface area contributed by atoms with Gasteiger partial charge in [-0.25, -0.2) is 0 Å². The Hall–Kier alpha value is -2.14. The smallest absolute Gasteiger partial charge is 0.236 e. The Morgan fingerprint density at radius 3 is 2.62 bits per heavy atom. The van der Waals surface area contributed by atoms with Crippen molar-refractivity contribution in [2.75, 3.05) is 32.7 Å². The second-order valence-electron chi connectivity index (χ2n) is 6.66. The number of rotatable bonds is 4. The Balaban J connectivity index is 1.53. The Morgan fingerprint density at radius 1 is 1.17 bits per heavy atom. The zero-order chi connectivity index (χ0) is 16.9. The van der Waals surface area contributed by atoms with Crippen molar-refractivity contribution < 1.29 is 9.59 Å². The minimum Gasteiger partial charge on any atom is -0.369 e. The van der Waals surface area contributed by atoms with Crippen molar-refractivity contribution in [2.45, 2.75) is 19.3 Å². The average molecular weight is 327 g/mol. The van der Waals surface area contributed by atoms with Crippen molar-refractivity contribution in [3.05, 3.63) is 42.0 Å². The minimum atomic E-state index is -0.291. The summed E-state index contributed by atoms with van der Waals surface area (Å²) in [6.45, 7) is 3.32. The lowest BCUT2D eigenvalue weighted by Crippen LogP contribution is -2.48. The number of nitrogens with two attached hydrogens (primary N) is 1. The third-order valence-corrected chi connectivity index (χ3v) is 4.97. The SMILES string of the molecule is NC(=O)[C@@H]1CCCN(C(=O)CN2CC=C(c3ccccc3)CC2)C1. The Bertz CT molecular complexity index is 627. The van der Waals surface area contributed by atoms with Crippen LogP contribution in [0.5, 0.6) is 0 Å². The highest BCUT2D eigenvalue weighted by Gasteiger charge is 2.28. The van der Waals surface area contributed by atoms with Crippen LogP contribution in [0.3, 0.4) is 0 Å². The largest absolute Gasteiger partial charge is 0.369 e. The van der Waals surface area contributed by atoms with Gasteiger partial charge in [0.15, 0.2) is 0 Å². The lowest BCUT2D eigenvalue weighted by Gasteiger charge is -2.33. The Labute approximate surface area is 143 Å². The van der Waals surface area contributed by atoms with Crippen molar-refractivity contribution in [3.8, 4) is 0 Å². The molecule has 0 saturated carbocycles. The van der Waals surface area contributed by atoms with Crippen LogP contribution in [0.2, 0.25) is 0 Å². The quantitative estimate of drug-likeness (QED) is 0.911. The van der Waals surface area contributed by atoms with E-state index < -0.39 is 0 Å². The molecular weight excluding hydrogens is 302 g/mol. The molecule has 0 radical (unpaired) electrons. The van der Waals surface area contributed by atoms with E-state index in [-0.39, 0.29) is 17.7 Å². The second kappa shape index (κ2) is 7.62. The van der Waals surface area contributed by atoms with E-state index in [2.05, 4.69) is 35.2 Å². The van der Waals surface area contributed by atoms with E-state index in [0.29, 0.717) is 13.1 Å². The van der Waals surface area contributed by atoms with Crippen molar-refractivity contribution in [1.29, 1.82) is 0 Å². The molecule has 2 amide bonds. The monoisotopic (exact) mass is 327 g/mol. The zero-order valence-corrected chi connectivity index (χ0v) is 14.0. The number of hydrogen-bond acceptors (Lipinski definition) is 3. The van der Waals surface area contributed by atoms with Gasteiger partial charge in [0.25, 0.3) is 0 Å². The second-order valence-corrected chi connectivity index (χ2v) is 6.66. The number of carbonyl (C=O) groups excluding carboxylic acids is 2. The van der Waals surface area contributed by atoms with Crippen LogP contribution in [0.25, 0.3) is 5.57 Å². The number of benzene rings is 1. The van der Waals surface area contributed by atoms with Crippen LogP contribution in [0, 0.1) is 5.92 Å². The molecule has 1 atom stereocenters. The third-order valence-electron chi connectivity index (χ3n) is 4.97. The molecule has 0 unspecified atom stereocenters. The Morgan fingerprint density at radius 2 is 1.96 bits per heavy atom. The van der Waals surface area contributed by atoms with Crippen molar-refractivity contribution >= 4 is 17.4 Å². The fourth-order valence-corrected chi connectivity index (χ4v) is 3.50. The van der Waals surface area contributed by atoms with Gasteiger partial charge in [-0.2, -0.15) is 0 Å². The minimum absolute atomic E-state index is 0.109. The van der Waals surface area contributed by atoms with E-state index in [1.165, 1.54) is 11.1 Å². The van der Waals surface area contributed by atoms with Gasteiger partial charge in [0.1, 0.15) is 0 Å². The Kier molecular flexibility index (Phi) is 5.30. The van der Waals surface area contributed by atoms with Gasteiger partial charge in [0, 0.05) is 26.2 Å². The standard InChI is InChI=1S/C19H25N3O2/c20-19(24)17-7-4-10-22(13-17)18(23)14-21-11-8-16(9-12-21)15-5-2-1-3-6-15/h1-3,5-6,8,17H,4,7,9-14H2,(H2,20,24)/t17-/m1/s1. The molecule has 24 heavy (non-hydrogen) atoms. The highest BCUT2D eigenvalue weighted by atomic mass is 16.2. The number of piperidine rings is 1. The summed E-state index contributed by atoms with van der Waals surface area (Å²) in [5.74, 6) is -0.368. The van der Waals surface area contributed by atoms with E-state index in [0.717, 1.165) is 38.9 Å². The first-order chi connectivity index (χ1) is 11.6. The molecule has 0 spiro atoms. The molecule has 2 aliphatic heterocycles. The summed E-state index contributed by atoms with van der Waals surface area (Å²) in [6.07, 6.45) is 4.83. The fraction of sp³-hybridized carbons (Fsp3) is 0.474. The lowest BCUT2D eigenvalue weighted by atomic mass is 9.97. The van der Waals surface area contributed by atoms with Crippen LogP contribution in [0.4, 0.5) is 0 Å². The summed E-state index contributed by atoms with van der Waals surface area (Å²) >= 11 is 0. The molecular formula is C19H25N3O2. The van der Waals surface area contributed by atoms with Crippen molar-refractivity contribution in [2.24, 2.45) is 11.7 Å². The van der Waals surface area contributed by atoms with Gasteiger partial charge in [0.05, 0.1) is 12.5 Å². The predicted molar refractivity (Wildman–Crippen MR) is 94.0 cm³/mol. The van der Waals surface area contributed by atoms with Gasteiger partial charge >= 0.3 is 0 Å². The summed E-state index contributed by atoms with van der Waals surface area (Å²) in [5, 5.41) is 0. The van der Waals surface area contributed by atoms with Crippen molar-refractivity contribution in [1.82, 2.24) is 9.80 Å². The first kappa shape index (κ1) is 16.7.